The molecule has 1 saturated heterocycles. The largest absolute Gasteiger partial charge is 0.306 e. The first kappa shape index (κ1) is 21.5. The first-order valence-corrected chi connectivity index (χ1v) is 9.27. The van der Waals surface area contributed by atoms with Crippen molar-refractivity contribution in [2.24, 2.45) is 0 Å². The Bertz CT molecular complexity index is 784. The van der Waals surface area contributed by atoms with Gasteiger partial charge in [-0.1, -0.05) is 55.0 Å². The number of para-hydroxylation sites is 1. The molecule has 0 saturated carbocycles. The molecule has 1 fully saturated rings. The van der Waals surface area contributed by atoms with E-state index in [9.17, 15) is 0 Å². The van der Waals surface area contributed by atoms with Crippen molar-refractivity contribution in [1.82, 2.24) is 14.5 Å². The lowest BCUT2D eigenvalue weighted by Gasteiger charge is -2.33. The predicted molar refractivity (Wildman–Crippen MR) is 116 cm³/mol. The number of nitrogens with zero attached hydrogens (tertiary/aromatic N) is 3. The molecule has 3 nitrogen and oxygen atoms in total. The SMILES string of the molecule is Cl.Cl.c1ccc(CC(c2cn(-c3ccccc3)cn2)N2CCCCC2)cc1. The van der Waals surface area contributed by atoms with Crippen LogP contribution in [0.4, 0.5) is 0 Å². The van der Waals surface area contributed by atoms with Crippen LogP contribution >= 0.6 is 24.8 Å². The quantitative estimate of drug-likeness (QED) is 0.561. The van der Waals surface area contributed by atoms with E-state index in [0.29, 0.717) is 6.04 Å². The molecule has 0 bridgehead atoms. The number of imidazole rings is 1. The van der Waals surface area contributed by atoms with Gasteiger partial charge in [0.25, 0.3) is 0 Å². The van der Waals surface area contributed by atoms with Crippen LogP contribution in [0.25, 0.3) is 5.69 Å². The van der Waals surface area contributed by atoms with Crippen molar-refractivity contribution >= 4 is 24.8 Å². The van der Waals surface area contributed by atoms with Gasteiger partial charge in [0.05, 0.1) is 18.1 Å². The number of aromatic nitrogens is 2. The molecule has 0 spiro atoms. The first-order valence-electron chi connectivity index (χ1n) is 9.27. The summed E-state index contributed by atoms with van der Waals surface area (Å²) in [6.07, 6.45) is 9.12. The lowest BCUT2D eigenvalue weighted by Crippen LogP contribution is -2.35. The van der Waals surface area contributed by atoms with Crippen molar-refractivity contribution in [2.75, 3.05) is 13.1 Å². The fraction of sp³-hybridized carbons (Fsp3) is 0.318. The fourth-order valence-electron chi connectivity index (χ4n) is 3.74. The van der Waals surface area contributed by atoms with Crippen molar-refractivity contribution in [2.45, 2.75) is 31.7 Å². The van der Waals surface area contributed by atoms with Crippen LogP contribution in [0.5, 0.6) is 0 Å². The summed E-state index contributed by atoms with van der Waals surface area (Å²) in [5.74, 6) is 0. The van der Waals surface area contributed by atoms with Crippen molar-refractivity contribution in [3.05, 3.63) is 84.4 Å². The van der Waals surface area contributed by atoms with Gasteiger partial charge in [0.1, 0.15) is 0 Å². The molecule has 0 amide bonds. The second-order valence-electron chi connectivity index (χ2n) is 6.84. The van der Waals surface area contributed by atoms with Gasteiger partial charge in [0.2, 0.25) is 0 Å². The van der Waals surface area contributed by atoms with E-state index in [0.717, 1.165) is 6.42 Å². The highest BCUT2D eigenvalue weighted by atomic mass is 35.5. The maximum Gasteiger partial charge on any atom is 0.0995 e. The summed E-state index contributed by atoms with van der Waals surface area (Å²) in [5.41, 5.74) is 3.72. The van der Waals surface area contributed by atoms with E-state index in [1.54, 1.807) is 0 Å². The van der Waals surface area contributed by atoms with Crippen LogP contribution in [-0.4, -0.2) is 27.5 Å². The number of benzene rings is 2. The average Bonchev–Trinajstić information content (AvgIpc) is 3.18. The third-order valence-corrected chi connectivity index (χ3v) is 5.10. The number of rotatable bonds is 5. The van der Waals surface area contributed by atoms with Crippen LogP contribution in [-0.2, 0) is 6.42 Å². The summed E-state index contributed by atoms with van der Waals surface area (Å²) in [7, 11) is 0. The molecule has 4 rings (SSSR count). The lowest BCUT2D eigenvalue weighted by molar-refractivity contribution is 0.159. The van der Waals surface area contributed by atoms with Crippen molar-refractivity contribution in [1.29, 1.82) is 0 Å². The predicted octanol–water partition coefficient (Wildman–Crippen LogP) is 5.49. The minimum absolute atomic E-state index is 0. The molecule has 1 unspecified atom stereocenters. The molecule has 5 heteroatoms. The van der Waals surface area contributed by atoms with Gasteiger partial charge in [-0.3, -0.25) is 4.90 Å². The molecular weight excluding hydrogens is 377 g/mol. The molecule has 3 aromatic rings. The third kappa shape index (κ3) is 5.35. The maximum absolute atomic E-state index is 4.79. The Labute approximate surface area is 174 Å². The Kier molecular flexibility index (Phi) is 8.36. The topological polar surface area (TPSA) is 21.1 Å². The molecule has 144 valence electrons. The van der Waals surface area contributed by atoms with Crippen LogP contribution in [0.3, 0.4) is 0 Å². The van der Waals surface area contributed by atoms with Gasteiger partial charge in [0.15, 0.2) is 0 Å². The Morgan fingerprint density at radius 2 is 1.44 bits per heavy atom. The third-order valence-electron chi connectivity index (χ3n) is 5.10. The lowest BCUT2D eigenvalue weighted by atomic mass is 9.99. The van der Waals surface area contributed by atoms with Gasteiger partial charge in [-0.05, 0) is 50.0 Å². The van der Waals surface area contributed by atoms with Crippen molar-refractivity contribution in [3.63, 3.8) is 0 Å². The molecular formula is C22H27Cl2N3. The standard InChI is InChI=1S/C22H25N3.2ClH/c1-4-10-19(11-5-1)16-22(24-14-8-3-9-15-24)21-17-25(18-23-21)20-12-6-2-7-13-20;;/h1-2,4-7,10-13,17-18,22H,3,8-9,14-16H2;2*1H. The summed E-state index contributed by atoms with van der Waals surface area (Å²) in [6.45, 7) is 2.35. The minimum atomic E-state index is 0. The highest BCUT2D eigenvalue weighted by Gasteiger charge is 2.24. The second kappa shape index (κ2) is 10.5. The van der Waals surface area contributed by atoms with Crippen molar-refractivity contribution < 1.29 is 0 Å². The van der Waals surface area contributed by atoms with Crippen molar-refractivity contribution in [3.8, 4) is 5.69 Å². The summed E-state index contributed by atoms with van der Waals surface area (Å²) in [5, 5.41) is 0. The molecule has 2 heterocycles. The molecule has 1 aliphatic rings. The minimum Gasteiger partial charge on any atom is -0.306 e. The smallest absolute Gasteiger partial charge is 0.0995 e. The highest BCUT2D eigenvalue weighted by Crippen LogP contribution is 2.27. The van der Waals surface area contributed by atoms with Gasteiger partial charge in [0, 0.05) is 11.9 Å². The Hall–Kier alpha value is -1.81. The van der Waals surface area contributed by atoms with E-state index < -0.39 is 0 Å². The van der Waals surface area contributed by atoms with Crippen LogP contribution in [0.1, 0.15) is 36.6 Å². The fourth-order valence-corrected chi connectivity index (χ4v) is 3.74. The van der Waals surface area contributed by atoms with E-state index in [4.69, 9.17) is 4.98 Å². The molecule has 2 aromatic carbocycles. The van der Waals surface area contributed by atoms with E-state index in [1.807, 2.05) is 12.4 Å². The maximum atomic E-state index is 4.79. The molecule has 1 atom stereocenters. The molecule has 0 radical (unpaired) electrons. The molecule has 0 N–H and O–H groups in total. The van der Waals surface area contributed by atoms with Gasteiger partial charge in [-0.25, -0.2) is 4.98 Å². The number of likely N-dealkylation sites (tertiary alicyclic amines) is 1. The number of hydrogen-bond acceptors (Lipinski definition) is 2. The highest BCUT2D eigenvalue weighted by molar-refractivity contribution is 5.85. The Balaban J connectivity index is 0.00000131. The zero-order valence-corrected chi connectivity index (χ0v) is 17.0. The van der Waals surface area contributed by atoms with E-state index >= 15 is 0 Å². The van der Waals surface area contributed by atoms with Crippen LogP contribution in [0.15, 0.2) is 73.2 Å². The average molecular weight is 404 g/mol. The summed E-state index contributed by atoms with van der Waals surface area (Å²) >= 11 is 0. The normalized spacial score (nSPS) is 15.4. The Morgan fingerprint density at radius 3 is 2.11 bits per heavy atom. The number of piperidine rings is 1. The second-order valence-corrected chi connectivity index (χ2v) is 6.84. The van der Waals surface area contributed by atoms with Gasteiger partial charge >= 0.3 is 0 Å². The summed E-state index contributed by atoms with van der Waals surface area (Å²) < 4.78 is 2.14. The summed E-state index contributed by atoms with van der Waals surface area (Å²) in [6, 6.07) is 21.6. The molecule has 0 aliphatic carbocycles. The number of hydrogen-bond donors (Lipinski definition) is 0. The first-order chi connectivity index (χ1) is 12.4. The number of halogens is 2. The summed E-state index contributed by atoms with van der Waals surface area (Å²) in [4.78, 5) is 7.40. The van der Waals surface area contributed by atoms with Crippen LogP contribution in [0, 0.1) is 0 Å². The molecule has 1 aromatic heterocycles. The van der Waals surface area contributed by atoms with Crippen LogP contribution in [0.2, 0.25) is 0 Å². The van der Waals surface area contributed by atoms with E-state index in [1.165, 1.54) is 49.3 Å². The van der Waals surface area contributed by atoms with Gasteiger partial charge < -0.3 is 4.57 Å². The zero-order chi connectivity index (χ0) is 16.9. The molecule has 27 heavy (non-hydrogen) atoms. The van der Waals surface area contributed by atoms with E-state index in [2.05, 4.69) is 70.3 Å². The Morgan fingerprint density at radius 1 is 0.815 bits per heavy atom. The zero-order valence-electron chi connectivity index (χ0n) is 15.4. The van der Waals surface area contributed by atoms with Crippen LogP contribution < -0.4 is 0 Å². The monoisotopic (exact) mass is 403 g/mol. The van der Waals surface area contributed by atoms with E-state index in [-0.39, 0.29) is 24.8 Å². The molecule has 1 aliphatic heterocycles. The van der Waals surface area contributed by atoms with Gasteiger partial charge in [-0.15, -0.1) is 24.8 Å². The van der Waals surface area contributed by atoms with Gasteiger partial charge in [-0.2, -0.15) is 0 Å².